The molecule has 0 unspecified atom stereocenters. The van der Waals surface area contributed by atoms with Crippen molar-refractivity contribution in [2.75, 3.05) is 7.11 Å². The Kier molecular flexibility index (Phi) is 6.79. The number of furan rings is 1. The number of para-hydroxylation sites is 1. The highest BCUT2D eigenvalue weighted by atomic mass is 16.7. The Hall–Kier alpha value is -2.77. The molecule has 1 aliphatic rings. The monoisotopic (exact) mass is 464 g/mol. The fourth-order valence-electron chi connectivity index (χ4n) is 4.08. The summed E-state index contributed by atoms with van der Waals surface area (Å²) in [6, 6.07) is 13.7. The summed E-state index contributed by atoms with van der Waals surface area (Å²) in [4.78, 5) is 11.8. The number of hydrogen-bond donors (Lipinski definition) is 0. The predicted octanol–water partition coefficient (Wildman–Crippen LogP) is 4.98. The second-order valence-corrected chi connectivity index (χ2v) is 9.80. The number of rotatable bonds is 8. The summed E-state index contributed by atoms with van der Waals surface area (Å²) >= 11 is 0. The first kappa shape index (κ1) is 24.4. The van der Waals surface area contributed by atoms with E-state index < -0.39 is 18.3 Å². The van der Waals surface area contributed by atoms with Crippen molar-refractivity contribution >= 4 is 29.5 Å². The molecular weight excluding hydrogens is 431 g/mol. The molecule has 1 saturated heterocycles. The molecule has 3 aromatic rings. The molecule has 1 aliphatic heterocycles. The van der Waals surface area contributed by atoms with Crippen molar-refractivity contribution < 1.29 is 28.0 Å². The molecule has 0 spiro atoms. The van der Waals surface area contributed by atoms with E-state index in [0.717, 1.165) is 46.2 Å². The zero-order valence-corrected chi connectivity index (χ0v) is 20.9. The lowest BCUT2D eigenvalue weighted by Gasteiger charge is -2.32. The van der Waals surface area contributed by atoms with Crippen LogP contribution in [0.1, 0.15) is 57.9 Å². The zero-order chi connectivity index (χ0) is 24.5. The minimum atomic E-state index is -0.542. The number of benzene rings is 2. The van der Waals surface area contributed by atoms with Crippen LogP contribution in [0.4, 0.5) is 0 Å². The number of ether oxygens (including phenoxy) is 2. The van der Waals surface area contributed by atoms with Crippen LogP contribution in [0.15, 0.2) is 46.9 Å². The van der Waals surface area contributed by atoms with Crippen LogP contribution in [0.3, 0.4) is 0 Å². The number of aryl methyl sites for hydroxylation is 1. The van der Waals surface area contributed by atoms with E-state index in [4.69, 9.17) is 23.2 Å². The first-order valence-electron chi connectivity index (χ1n) is 11.8. The van der Waals surface area contributed by atoms with Crippen molar-refractivity contribution in [3.63, 3.8) is 0 Å². The third-order valence-electron chi connectivity index (χ3n) is 6.69. The molecule has 0 atom stereocenters. The number of carbonyl (C=O) groups excluding carboxylic acids is 1. The van der Waals surface area contributed by atoms with Crippen molar-refractivity contribution in [1.82, 2.24) is 0 Å². The highest BCUT2D eigenvalue weighted by Crippen LogP contribution is 2.37. The molecule has 1 aromatic heterocycles. The Balaban J connectivity index is 1.66. The maximum absolute atomic E-state index is 11.8. The van der Waals surface area contributed by atoms with Crippen molar-refractivity contribution in [2.24, 2.45) is 0 Å². The van der Waals surface area contributed by atoms with E-state index in [2.05, 4.69) is 19.1 Å². The van der Waals surface area contributed by atoms with Gasteiger partial charge >= 0.3 is 13.1 Å². The van der Waals surface area contributed by atoms with Crippen LogP contribution in [0.25, 0.3) is 11.0 Å². The minimum Gasteiger partial charge on any atom is -0.489 e. The average Bonchev–Trinajstić information content (AvgIpc) is 3.28. The molecule has 0 bridgehead atoms. The van der Waals surface area contributed by atoms with E-state index in [1.807, 2.05) is 58.0 Å². The lowest BCUT2D eigenvalue weighted by Crippen LogP contribution is -2.41. The second kappa shape index (κ2) is 9.47. The summed E-state index contributed by atoms with van der Waals surface area (Å²) < 4.78 is 29.9. The smallest absolute Gasteiger partial charge is 0.489 e. The maximum atomic E-state index is 11.8. The molecule has 0 amide bonds. The van der Waals surface area contributed by atoms with Crippen LogP contribution < -0.4 is 10.2 Å². The molecule has 0 aliphatic carbocycles. The van der Waals surface area contributed by atoms with Crippen LogP contribution >= 0.6 is 0 Å². The summed E-state index contributed by atoms with van der Waals surface area (Å²) in [6.45, 7) is 10.6. The average molecular weight is 464 g/mol. The summed E-state index contributed by atoms with van der Waals surface area (Å²) in [5.41, 5.74) is 2.49. The molecule has 1 fully saturated rings. The molecule has 4 rings (SSSR count). The minimum absolute atomic E-state index is 0.160. The Morgan fingerprint density at radius 1 is 1.03 bits per heavy atom. The third kappa shape index (κ3) is 4.86. The van der Waals surface area contributed by atoms with Gasteiger partial charge in [0.15, 0.2) is 0 Å². The van der Waals surface area contributed by atoms with Crippen LogP contribution in [-0.4, -0.2) is 31.4 Å². The van der Waals surface area contributed by atoms with E-state index in [-0.39, 0.29) is 12.4 Å². The van der Waals surface area contributed by atoms with Crippen LogP contribution in [-0.2, 0) is 38.3 Å². The van der Waals surface area contributed by atoms with Gasteiger partial charge in [0.1, 0.15) is 23.7 Å². The first-order chi connectivity index (χ1) is 16.1. The number of esters is 1. The van der Waals surface area contributed by atoms with E-state index in [1.165, 1.54) is 7.11 Å². The molecular formula is C27H33BO6. The lowest BCUT2D eigenvalue weighted by atomic mass is 9.77. The van der Waals surface area contributed by atoms with Crippen LogP contribution in [0.5, 0.6) is 5.75 Å². The van der Waals surface area contributed by atoms with Gasteiger partial charge in [-0.05, 0) is 57.9 Å². The van der Waals surface area contributed by atoms with Gasteiger partial charge in [-0.2, -0.15) is 0 Å². The Labute approximate surface area is 201 Å². The number of fused-ring (bicyclic) bond motifs is 1. The van der Waals surface area contributed by atoms with Crippen molar-refractivity contribution in [2.45, 2.75) is 71.7 Å². The molecule has 6 nitrogen and oxygen atoms in total. The standard InChI is InChI=1S/C27H33BO6/c1-7-10-21-15-20-13-18(17-31-23-12-9-8-11-19(23)16-24(29)30-6)14-22(25(20)32-21)28-33-26(2,3)27(4,5)34-28/h8-9,11-15H,7,10,16-17H2,1-6H3. The molecule has 0 saturated carbocycles. The van der Waals surface area contributed by atoms with Gasteiger partial charge in [-0.25, -0.2) is 0 Å². The Morgan fingerprint density at radius 2 is 1.74 bits per heavy atom. The lowest BCUT2D eigenvalue weighted by molar-refractivity contribution is -0.139. The van der Waals surface area contributed by atoms with E-state index in [9.17, 15) is 4.79 Å². The summed E-state index contributed by atoms with van der Waals surface area (Å²) in [5.74, 6) is 1.29. The maximum Gasteiger partial charge on any atom is 0.498 e. The number of hydrogen-bond acceptors (Lipinski definition) is 6. The zero-order valence-electron chi connectivity index (χ0n) is 20.9. The van der Waals surface area contributed by atoms with Gasteiger partial charge in [0.05, 0.1) is 24.7 Å². The van der Waals surface area contributed by atoms with Gasteiger partial charge in [0.2, 0.25) is 0 Å². The van der Waals surface area contributed by atoms with Gasteiger partial charge in [0.25, 0.3) is 0 Å². The molecule has 2 aromatic carbocycles. The third-order valence-corrected chi connectivity index (χ3v) is 6.69. The van der Waals surface area contributed by atoms with Crippen molar-refractivity contribution in [3.05, 3.63) is 59.4 Å². The number of methoxy groups -OCH3 is 1. The number of carbonyl (C=O) groups is 1. The van der Waals surface area contributed by atoms with Crippen LogP contribution in [0, 0.1) is 0 Å². The van der Waals surface area contributed by atoms with Gasteiger partial charge in [-0.1, -0.05) is 31.2 Å². The molecule has 0 radical (unpaired) electrons. The fourth-order valence-corrected chi connectivity index (χ4v) is 4.08. The quantitative estimate of drug-likeness (QED) is 0.346. The predicted molar refractivity (Wildman–Crippen MR) is 132 cm³/mol. The first-order valence-corrected chi connectivity index (χ1v) is 11.8. The van der Waals surface area contributed by atoms with E-state index >= 15 is 0 Å². The fraction of sp³-hybridized carbons (Fsp3) is 0.444. The van der Waals surface area contributed by atoms with Gasteiger partial charge < -0.3 is 23.2 Å². The van der Waals surface area contributed by atoms with Crippen molar-refractivity contribution in [1.29, 1.82) is 0 Å². The summed E-state index contributed by atoms with van der Waals surface area (Å²) in [7, 11) is 0.843. The highest BCUT2D eigenvalue weighted by Gasteiger charge is 2.52. The highest BCUT2D eigenvalue weighted by molar-refractivity contribution is 6.64. The Bertz CT molecular complexity index is 1160. The normalized spacial score (nSPS) is 16.7. The van der Waals surface area contributed by atoms with Crippen LogP contribution in [0.2, 0.25) is 0 Å². The topological polar surface area (TPSA) is 67.1 Å². The SMILES string of the molecule is CCCc1cc2cc(COc3ccccc3CC(=O)OC)cc(B3OC(C)(C)C(C)(C)O3)c2o1. The van der Waals surface area contributed by atoms with Gasteiger partial charge in [-0.15, -0.1) is 0 Å². The summed E-state index contributed by atoms with van der Waals surface area (Å²) in [5, 5.41) is 0.997. The molecule has 7 heteroatoms. The van der Waals surface area contributed by atoms with Gasteiger partial charge in [0, 0.05) is 22.8 Å². The largest absolute Gasteiger partial charge is 0.498 e. The van der Waals surface area contributed by atoms with E-state index in [0.29, 0.717) is 12.4 Å². The van der Waals surface area contributed by atoms with E-state index in [1.54, 1.807) is 0 Å². The second-order valence-electron chi connectivity index (χ2n) is 9.80. The molecule has 180 valence electrons. The van der Waals surface area contributed by atoms with Gasteiger partial charge in [-0.3, -0.25) is 4.79 Å². The van der Waals surface area contributed by atoms with Crippen molar-refractivity contribution in [3.8, 4) is 5.75 Å². The molecule has 34 heavy (non-hydrogen) atoms. The summed E-state index contributed by atoms with van der Waals surface area (Å²) in [6.07, 6.45) is 2.02. The molecule has 2 heterocycles. The Morgan fingerprint density at radius 3 is 2.41 bits per heavy atom. The molecule has 0 N–H and O–H groups in total.